The minimum Gasteiger partial charge on any atom is -0.504 e. The Labute approximate surface area is 201 Å². The molecule has 35 heavy (non-hydrogen) atoms. The lowest BCUT2D eigenvalue weighted by molar-refractivity contribution is -0.136. The fourth-order valence-corrected chi connectivity index (χ4v) is 3.35. The molecule has 3 aromatic carbocycles. The van der Waals surface area contributed by atoms with Gasteiger partial charge in [-0.1, -0.05) is 42.5 Å². The van der Waals surface area contributed by atoms with Crippen LogP contribution in [0.25, 0.3) is 17.2 Å². The lowest BCUT2D eigenvalue weighted by atomic mass is 9.94. The van der Waals surface area contributed by atoms with Crippen LogP contribution in [0.4, 0.5) is 0 Å². The van der Waals surface area contributed by atoms with Crippen LogP contribution < -0.4 is 9.47 Å². The summed E-state index contributed by atoms with van der Waals surface area (Å²) < 4.78 is 15.6. The molecule has 0 heterocycles. The molecule has 0 unspecified atom stereocenters. The van der Waals surface area contributed by atoms with Crippen LogP contribution in [-0.2, 0) is 14.3 Å². The average molecular weight is 476 g/mol. The maximum Gasteiger partial charge on any atom is 0.336 e. The number of benzene rings is 3. The highest BCUT2D eigenvalue weighted by Crippen LogP contribution is 2.33. The van der Waals surface area contributed by atoms with Gasteiger partial charge >= 0.3 is 11.9 Å². The van der Waals surface area contributed by atoms with Crippen molar-refractivity contribution in [3.05, 3.63) is 89.5 Å². The minimum absolute atomic E-state index is 0.0338. The van der Waals surface area contributed by atoms with Crippen LogP contribution in [0.15, 0.2) is 72.8 Å². The van der Waals surface area contributed by atoms with E-state index < -0.39 is 11.9 Å². The van der Waals surface area contributed by atoms with E-state index in [2.05, 4.69) is 0 Å². The van der Waals surface area contributed by atoms with Gasteiger partial charge in [0.25, 0.3) is 0 Å². The van der Waals surface area contributed by atoms with E-state index in [4.69, 9.17) is 14.2 Å². The van der Waals surface area contributed by atoms with Crippen molar-refractivity contribution in [2.45, 2.75) is 0 Å². The molecule has 0 saturated heterocycles. The number of rotatable bonds is 9. The van der Waals surface area contributed by atoms with E-state index in [1.165, 1.54) is 50.6 Å². The summed E-state index contributed by atoms with van der Waals surface area (Å²) in [5.74, 6) is -1.67. The Morgan fingerprint density at radius 2 is 1.46 bits per heavy atom. The number of carbonyl (C=O) groups excluding carboxylic acids is 1. The standard InChI is InChI=1S/C27H24O8/c1-33-23-14-17(8-11-21(23)28)9-13-25(30)35-16-20(19-10-12-22(29)24(15-19)34-2)26(27(31)32)18-6-4-3-5-7-18/h3-15,28-29H,16H2,1-2H3,(H,31,32)/b13-9+,26-20?. The summed E-state index contributed by atoms with van der Waals surface area (Å²) in [6.45, 7) is -0.355. The number of carboxylic acid groups (broad SMARTS) is 1. The molecule has 0 amide bonds. The highest BCUT2D eigenvalue weighted by atomic mass is 16.5. The topological polar surface area (TPSA) is 123 Å². The number of hydrogen-bond acceptors (Lipinski definition) is 7. The molecule has 3 N–H and O–H groups in total. The van der Waals surface area contributed by atoms with Crippen LogP contribution in [0, 0.1) is 0 Å². The SMILES string of the molecule is COc1cc(/C=C/C(=O)OCC(=C(C(=O)O)c2ccccc2)c2ccc(O)c(OC)c2)ccc1O. The summed E-state index contributed by atoms with van der Waals surface area (Å²) in [6, 6.07) is 17.4. The number of ether oxygens (including phenoxy) is 3. The number of phenolic OH excluding ortho intramolecular Hbond substituents is 2. The van der Waals surface area contributed by atoms with E-state index in [0.717, 1.165) is 0 Å². The van der Waals surface area contributed by atoms with Crippen molar-refractivity contribution in [3.8, 4) is 23.0 Å². The summed E-state index contributed by atoms with van der Waals surface area (Å²) in [6.07, 6.45) is 2.66. The molecule has 3 rings (SSSR count). The van der Waals surface area contributed by atoms with Crippen molar-refractivity contribution in [1.82, 2.24) is 0 Å². The second-order valence-corrected chi connectivity index (χ2v) is 7.28. The van der Waals surface area contributed by atoms with Gasteiger partial charge in [-0.25, -0.2) is 9.59 Å². The molecule has 0 saturated carbocycles. The molecule has 8 nitrogen and oxygen atoms in total. The minimum atomic E-state index is -1.21. The number of carbonyl (C=O) groups is 2. The zero-order valence-electron chi connectivity index (χ0n) is 19.1. The number of methoxy groups -OCH3 is 2. The predicted molar refractivity (Wildman–Crippen MR) is 130 cm³/mol. The molecule has 0 aliphatic heterocycles. The van der Waals surface area contributed by atoms with Crippen LogP contribution in [0.3, 0.4) is 0 Å². The third-order valence-corrected chi connectivity index (χ3v) is 5.08. The third kappa shape index (κ3) is 6.20. The van der Waals surface area contributed by atoms with Crippen LogP contribution in [-0.4, -0.2) is 48.1 Å². The van der Waals surface area contributed by atoms with Crippen molar-refractivity contribution < 1.29 is 39.1 Å². The number of phenols is 2. The maximum absolute atomic E-state index is 12.5. The van der Waals surface area contributed by atoms with Gasteiger partial charge < -0.3 is 29.5 Å². The van der Waals surface area contributed by atoms with Crippen molar-refractivity contribution in [3.63, 3.8) is 0 Å². The van der Waals surface area contributed by atoms with E-state index in [9.17, 15) is 24.9 Å². The Bertz CT molecular complexity index is 1280. The number of aliphatic carboxylic acids is 1. The second-order valence-electron chi connectivity index (χ2n) is 7.28. The zero-order chi connectivity index (χ0) is 25.4. The van der Waals surface area contributed by atoms with Gasteiger partial charge in [-0.15, -0.1) is 0 Å². The van der Waals surface area contributed by atoms with Crippen LogP contribution >= 0.6 is 0 Å². The Balaban J connectivity index is 1.94. The maximum atomic E-state index is 12.5. The second kappa shape index (κ2) is 11.4. The molecule has 3 aromatic rings. The van der Waals surface area contributed by atoms with E-state index in [-0.39, 0.29) is 40.8 Å². The first-order valence-electron chi connectivity index (χ1n) is 10.4. The van der Waals surface area contributed by atoms with E-state index in [1.54, 1.807) is 42.5 Å². The average Bonchev–Trinajstić information content (AvgIpc) is 2.86. The third-order valence-electron chi connectivity index (χ3n) is 5.08. The number of hydrogen-bond donors (Lipinski definition) is 3. The number of carboxylic acids is 1. The molecule has 0 atom stereocenters. The molecular weight excluding hydrogens is 452 g/mol. The van der Waals surface area contributed by atoms with Gasteiger partial charge in [0, 0.05) is 11.6 Å². The van der Waals surface area contributed by atoms with E-state index in [0.29, 0.717) is 16.7 Å². The Kier molecular flexibility index (Phi) is 8.13. The van der Waals surface area contributed by atoms with Crippen molar-refractivity contribution in [2.75, 3.05) is 20.8 Å². The first-order valence-corrected chi connectivity index (χ1v) is 10.4. The van der Waals surface area contributed by atoms with Gasteiger partial charge in [-0.2, -0.15) is 0 Å². The monoisotopic (exact) mass is 476 g/mol. The molecule has 0 aliphatic rings. The van der Waals surface area contributed by atoms with Gasteiger partial charge in [0.15, 0.2) is 23.0 Å². The summed E-state index contributed by atoms with van der Waals surface area (Å²) in [5, 5.41) is 29.7. The normalized spacial score (nSPS) is 11.6. The largest absolute Gasteiger partial charge is 0.504 e. The molecule has 180 valence electrons. The summed E-state index contributed by atoms with van der Waals surface area (Å²) in [4.78, 5) is 24.7. The summed E-state index contributed by atoms with van der Waals surface area (Å²) in [5.41, 5.74) is 1.57. The molecule has 0 radical (unpaired) electrons. The van der Waals surface area contributed by atoms with Gasteiger partial charge in [0.2, 0.25) is 0 Å². The molecule has 0 fully saturated rings. The zero-order valence-corrected chi connectivity index (χ0v) is 19.1. The first-order chi connectivity index (χ1) is 16.8. The van der Waals surface area contributed by atoms with Crippen LogP contribution in [0.2, 0.25) is 0 Å². The number of aromatic hydroxyl groups is 2. The van der Waals surface area contributed by atoms with Crippen molar-refractivity contribution in [1.29, 1.82) is 0 Å². The fraction of sp³-hybridized carbons (Fsp3) is 0.111. The van der Waals surface area contributed by atoms with Gasteiger partial charge in [-0.3, -0.25) is 0 Å². The quantitative estimate of drug-likeness (QED) is 0.236. The molecule has 0 spiro atoms. The number of esters is 1. The van der Waals surface area contributed by atoms with Crippen LogP contribution in [0.5, 0.6) is 23.0 Å². The fourth-order valence-electron chi connectivity index (χ4n) is 3.35. The lowest BCUT2D eigenvalue weighted by Gasteiger charge is -2.15. The van der Waals surface area contributed by atoms with Gasteiger partial charge in [-0.05, 0) is 47.0 Å². The van der Waals surface area contributed by atoms with Crippen molar-refractivity contribution in [2.24, 2.45) is 0 Å². The van der Waals surface area contributed by atoms with Crippen molar-refractivity contribution >= 4 is 29.2 Å². The van der Waals surface area contributed by atoms with Gasteiger partial charge in [0.05, 0.1) is 19.8 Å². The highest BCUT2D eigenvalue weighted by Gasteiger charge is 2.20. The summed E-state index contributed by atoms with van der Waals surface area (Å²) in [7, 11) is 2.79. The van der Waals surface area contributed by atoms with E-state index >= 15 is 0 Å². The molecule has 0 aromatic heterocycles. The Morgan fingerprint density at radius 3 is 2.09 bits per heavy atom. The first kappa shape index (κ1) is 24.9. The molecular formula is C27H24O8. The molecule has 8 heteroatoms. The molecule has 0 aliphatic carbocycles. The smallest absolute Gasteiger partial charge is 0.336 e. The van der Waals surface area contributed by atoms with E-state index in [1.807, 2.05) is 0 Å². The lowest BCUT2D eigenvalue weighted by Crippen LogP contribution is -2.10. The molecule has 0 bridgehead atoms. The Morgan fingerprint density at radius 1 is 0.829 bits per heavy atom. The van der Waals surface area contributed by atoms with Gasteiger partial charge in [0.1, 0.15) is 6.61 Å². The summed E-state index contributed by atoms with van der Waals surface area (Å²) >= 11 is 0. The predicted octanol–water partition coefficient (Wildman–Crippen LogP) is 4.37. The highest BCUT2D eigenvalue weighted by molar-refractivity contribution is 6.24. The Hall–Kier alpha value is -4.72. The van der Waals surface area contributed by atoms with Crippen LogP contribution in [0.1, 0.15) is 16.7 Å².